The number of furan rings is 1. The summed E-state index contributed by atoms with van der Waals surface area (Å²) in [6.45, 7) is 1.46. The van der Waals surface area contributed by atoms with Crippen molar-refractivity contribution in [1.29, 1.82) is 0 Å². The minimum atomic E-state index is -0.0129. The highest BCUT2D eigenvalue weighted by Crippen LogP contribution is 2.41. The Balaban J connectivity index is 1.53. The number of amides is 1. The number of fused-ring (bicyclic) bond motifs is 1. The molecule has 20 heavy (non-hydrogen) atoms. The predicted octanol–water partition coefficient (Wildman–Crippen LogP) is 2.12. The zero-order valence-electron chi connectivity index (χ0n) is 11.3. The lowest BCUT2D eigenvalue weighted by Crippen LogP contribution is -2.33. The quantitative estimate of drug-likeness (QED) is 0.910. The van der Waals surface area contributed by atoms with E-state index in [2.05, 4.69) is 10.2 Å². The van der Waals surface area contributed by atoms with E-state index in [0.717, 1.165) is 25.9 Å². The molecule has 0 saturated heterocycles. The van der Waals surface area contributed by atoms with E-state index in [0.29, 0.717) is 11.7 Å². The van der Waals surface area contributed by atoms with Gasteiger partial charge in [0.15, 0.2) is 5.76 Å². The third-order valence-corrected chi connectivity index (χ3v) is 4.23. The first-order valence-electron chi connectivity index (χ1n) is 7.21. The molecule has 0 unspecified atom stereocenters. The Labute approximate surface area is 117 Å². The van der Waals surface area contributed by atoms with Crippen LogP contribution in [0.4, 0.5) is 0 Å². The molecule has 1 amide bonds. The van der Waals surface area contributed by atoms with Crippen LogP contribution in [0.2, 0.25) is 0 Å². The van der Waals surface area contributed by atoms with E-state index in [-0.39, 0.29) is 5.91 Å². The van der Waals surface area contributed by atoms with E-state index >= 15 is 0 Å². The summed E-state index contributed by atoms with van der Waals surface area (Å²) in [6.07, 6.45) is 5.80. The minimum absolute atomic E-state index is 0.0129. The molecule has 2 aliphatic rings. The Bertz CT molecular complexity index is 626. The number of carbonyl (C=O) groups excluding carboxylic acids is 1. The smallest absolute Gasteiger partial charge is 0.289 e. The van der Waals surface area contributed by atoms with E-state index < -0.39 is 0 Å². The Hall–Kier alpha value is -2.04. The summed E-state index contributed by atoms with van der Waals surface area (Å²) in [7, 11) is 0. The molecule has 5 nitrogen and oxygen atoms in total. The highest BCUT2D eigenvalue weighted by Gasteiger charge is 2.31. The van der Waals surface area contributed by atoms with Crippen molar-refractivity contribution < 1.29 is 9.21 Å². The molecule has 3 heterocycles. The molecule has 4 rings (SSSR count). The summed E-state index contributed by atoms with van der Waals surface area (Å²) in [5.74, 6) is 1.07. The van der Waals surface area contributed by atoms with Gasteiger partial charge in [-0.2, -0.15) is 5.10 Å². The highest BCUT2D eigenvalue weighted by atomic mass is 16.3. The van der Waals surface area contributed by atoms with Crippen LogP contribution in [0.15, 0.2) is 22.8 Å². The maximum absolute atomic E-state index is 12.3. The number of rotatable bonds is 2. The Morgan fingerprint density at radius 3 is 2.95 bits per heavy atom. The van der Waals surface area contributed by atoms with Crippen molar-refractivity contribution in [2.75, 3.05) is 13.1 Å². The lowest BCUT2D eigenvalue weighted by atomic mass is 10.1. The van der Waals surface area contributed by atoms with Gasteiger partial charge in [0.1, 0.15) is 0 Å². The van der Waals surface area contributed by atoms with Crippen LogP contribution in [0.25, 0.3) is 0 Å². The number of carbonyl (C=O) groups is 1. The average molecular weight is 271 g/mol. The largest absolute Gasteiger partial charge is 0.459 e. The minimum Gasteiger partial charge on any atom is -0.459 e. The number of aromatic amines is 1. The highest BCUT2D eigenvalue weighted by molar-refractivity contribution is 5.91. The summed E-state index contributed by atoms with van der Waals surface area (Å²) in [5.41, 5.74) is 3.80. The van der Waals surface area contributed by atoms with E-state index in [1.165, 1.54) is 29.8 Å². The van der Waals surface area contributed by atoms with Crippen LogP contribution in [0.3, 0.4) is 0 Å². The molecule has 0 aromatic carbocycles. The molecule has 104 valence electrons. The van der Waals surface area contributed by atoms with Gasteiger partial charge in [0, 0.05) is 31.1 Å². The monoisotopic (exact) mass is 271 g/mol. The Kier molecular flexibility index (Phi) is 2.65. The van der Waals surface area contributed by atoms with Crippen LogP contribution in [0.1, 0.15) is 46.3 Å². The number of aromatic nitrogens is 2. The van der Waals surface area contributed by atoms with E-state index in [1.54, 1.807) is 18.4 Å². The van der Waals surface area contributed by atoms with E-state index in [4.69, 9.17) is 4.42 Å². The number of hydrogen-bond donors (Lipinski definition) is 1. The zero-order valence-corrected chi connectivity index (χ0v) is 11.3. The van der Waals surface area contributed by atoms with Gasteiger partial charge in [-0.25, -0.2) is 0 Å². The maximum atomic E-state index is 12.3. The molecular weight excluding hydrogens is 254 g/mol. The second-order valence-electron chi connectivity index (χ2n) is 5.61. The van der Waals surface area contributed by atoms with Crippen molar-refractivity contribution in [2.45, 2.75) is 31.6 Å². The Morgan fingerprint density at radius 2 is 2.20 bits per heavy atom. The van der Waals surface area contributed by atoms with Crippen LogP contribution in [0.5, 0.6) is 0 Å². The van der Waals surface area contributed by atoms with Crippen LogP contribution in [0, 0.1) is 0 Å². The molecule has 1 aliphatic carbocycles. The lowest BCUT2D eigenvalue weighted by Gasteiger charge is -2.18. The van der Waals surface area contributed by atoms with Gasteiger partial charge >= 0.3 is 0 Å². The van der Waals surface area contributed by atoms with Crippen molar-refractivity contribution in [3.8, 4) is 0 Å². The average Bonchev–Trinajstić information content (AvgIpc) is 3.07. The molecule has 1 saturated carbocycles. The van der Waals surface area contributed by atoms with Crippen molar-refractivity contribution in [3.05, 3.63) is 41.1 Å². The first-order chi connectivity index (χ1) is 9.83. The summed E-state index contributed by atoms with van der Waals surface area (Å²) in [4.78, 5) is 14.2. The molecule has 1 fully saturated rings. The molecular formula is C15H17N3O2. The fourth-order valence-corrected chi connectivity index (χ4v) is 2.96. The number of nitrogens with one attached hydrogen (secondary N) is 1. The molecule has 0 atom stereocenters. The Morgan fingerprint density at radius 1 is 1.35 bits per heavy atom. The van der Waals surface area contributed by atoms with Gasteiger partial charge in [-0.1, -0.05) is 0 Å². The maximum Gasteiger partial charge on any atom is 0.289 e. The van der Waals surface area contributed by atoms with Gasteiger partial charge < -0.3 is 9.32 Å². The lowest BCUT2D eigenvalue weighted by molar-refractivity contribution is 0.0730. The fraction of sp³-hybridized carbons (Fsp3) is 0.467. The first kappa shape index (κ1) is 11.8. The van der Waals surface area contributed by atoms with E-state index in [9.17, 15) is 4.79 Å². The van der Waals surface area contributed by atoms with Crippen molar-refractivity contribution in [1.82, 2.24) is 15.1 Å². The number of nitrogens with zero attached hydrogens (tertiary/aromatic N) is 2. The SMILES string of the molecule is O=C(c1ccco1)N1CCc2[nH]nc(C3CC3)c2CC1. The van der Waals surface area contributed by atoms with Crippen molar-refractivity contribution in [3.63, 3.8) is 0 Å². The number of hydrogen-bond acceptors (Lipinski definition) is 3. The fourth-order valence-electron chi connectivity index (χ4n) is 2.96. The standard InChI is InChI=1S/C15H17N3O2/c19-15(13-2-1-9-20-13)18-7-5-11-12(6-8-18)16-17-14(11)10-3-4-10/h1-2,9-10H,3-8H2,(H,16,17). The van der Waals surface area contributed by atoms with Gasteiger partial charge in [-0.3, -0.25) is 9.89 Å². The van der Waals surface area contributed by atoms with Crippen LogP contribution in [-0.4, -0.2) is 34.1 Å². The predicted molar refractivity (Wildman–Crippen MR) is 72.6 cm³/mol. The molecule has 5 heteroatoms. The van der Waals surface area contributed by atoms with Crippen LogP contribution >= 0.6 is 0 Å². The van der Waals surface area contributed by atoms with Crippen LogP contribution < -0.4 is 0 Å². The molecule has 0 bridgehead atoms. The van der Waals surface area contributed by atoms with E-state index in [1.807, 2.05) is 4.90 Å². The summed E-state index contributed by atoms with van der Waals surface area (Å²) >= 11 is 0. The van der Waals surface area contributed by atoms with Gasteiger partial charge in [0.05, 0.1) is 12.0 Å². The number of H-pyrrole nitrogens is 1. The third kappa shape index (κ3) is 1.94. The summed E-state index contributed by atoms with van der Waals surface area (Å²) in [6, 6.07) is 3.48. The second-order valence-corrected chi connectivity index (χ2v) is 5.61. The third-order valence-electron chi connectivity index (χ3n) is 4.23. The summed E-state index contributed by atoms with van der Waals surface area (Å²) in [5, 5.41) is 7.64. The second kappa shape index (κ2) is 4.51. The molecule has 2 aromatic rings. The van der Waals surface area contributed by atoms with Gasteiger partial charge in [-0.15, -0.1) is 0 Å². The molecule has 2 aromatic heterocycles. The molecule has 0 radical (unpaired) electrons. The topological polar surface area (TPSA) is 62.1 Å². The van der Waals surface area contributed by atoms with Gasteiger partial charge in [0.2, 0.25) is 0 Å². The van der Waals surface area contributed by atoms with Crippen molar-refractivity contribution in [2.24, 2.45) is 0 Å². The molecule has 1 N–H and O–H groups in total. The van der Waals surface area contributed by atoms with Crippen LogP contribution in [-0.2, 0) is 12.8 Å². The van der Waals surface area contributed by atoms with Crippen molar-refractivity contribution >= 4 is 5.91 Å². The van der Waals surface area contributed by atoms with Gasteiger partial charge in [-0.05, 0) is 37.0 Å². The summed E-state index contributed by atoms with van der Waals surface area (Å²) < 4.78 is 5.21. The molecule has 0 spiro atoms. The normalized spacial score (nSPS) is 18.7. The zero-order chi connectivity index (χ0) is 13.5. The molecule has 1 aliphatic heterocycles. The van der Waals surface area contributed by atoms with Gasteiger partial charge in [0.25, 0.3) is 5.91 Å². The first-order valence-corrected chi connectivity index (χ1v) is 7.21.